The molecule has 1 aromatic heterocycles. The maximum atomic E-state index is 12.4. The minimum absolute atomic E-state index is 0.0927. The highest BCUT2D eigenvalue weighted by molar-refractivity contribution is 7.09. The molecule has 0 unspecified atom stereocenters. The van der Waals surface area contributed by atoms with Crippen molar-refractivity contribution in [3.8, 4) is 0 Å². The SMILES string of the molecule is O=C(CC1(C(=O)O)CCC1)NC1(c2nccs2)CCCC1. The van der Waals surface area contributed by atoms with Gasteiger partial charge in [0.1, 0.15) is 5.01 Å². The van der Waals surface area contributed by atoms with Crippen molar-refractivity contribution in [2.24, 2.45) is 5.41 Å². The summed E-state index contributed by atoms with van der Waals surface area (Å²) in [5.41, 5.74) is -1.19. The van der Waals surface area contributed by atoms with Crippen LogP contribution in [0.15, 0.2) is 11.6 Å². The first-order valence-corrected chi connectivity index (χ1v) is 8.39. The molecule has 2 saturated carbocycles. The number of carbonyl (C=O) groups excluding carboxylic acids is 1. The Morgan fingerprint density at radius 1 is 1.24 bits per heavy atom. The summed E-state index contributed by atoms with van der Waals surface area (Å²) in [5.74, 6) is -0.979. The summed E-state index contributed by atoms with van der Waals surface area (Å²) < 4.78 is 0. The first-order chi connectivity index (χ1) is 10.1. The normalized spacial score (nSPS) is 22.5. The summed E-state index contributed by atoms with van der Waals surface area (Å²) in [4.78, 5) is 28.2. The second kappa shape index (κ2) is 5.40. The molecule has 0 aliphatic heterocycles. The van der Waals surface area contributed by atoms with E-state index in [0.717, 1.165) is 37.1 Å². The Morgan fingerprint density at radius 2 is 1.95 bits per heavy atom. The Hall–Kier alpha value is -1.43. The highest BCUT2D eigenvalue weighted by Gasteiger charge is 2.47. The summed E-state index contributed by atoms with van der Waals surface area (Å²) >= 11 is 1.56. The molecule has 0 bridgehead atoms. The zero-order chi connectivity index (χ0) is 14.9. The molecule has 0 saturated heterocycles. The van der Waals surface area contributed by atoms with E-state index in [1.54, 1.807) is 17.5 Å². The van der Waals surface area contributed by atoms with Gasteiger partial charge < -0.3 is 10.4 Å². The second-order valence-corrected chi connectivity index (χ2v) is 7.19. The van der Waals surface area contributed by atoms with Crippen molar-refractivity contribution in [1.29, 1.82) is 0 Å². The van der Waals surface area contributed by atoms with E-state index in [4.69, 9.17) is 0 Å². The zero-order valence-electron chi connectivity index (χ0n) is 11.9. The smallest absolute Gasteiger partial charge is 0.310 e. The van der Waals surface area contributed by atoms with Gasteiger partial charge in [-0.25, -0.2) is 4.98 Å². The van der Waals surface area contributed by atoms with Crippen molar-refractivity contribution in [2.45, 2.75) is 56.9 Å². The third-order valence-corrected chi connectivity index (χ3v) is 5.92. The first-order valence-electron chi connectivity index (χ1n) is 7.51. The van der Waals surface area contributed by atoms with Crippen LogP contribution < -0.4 is 5.32 Å². The lowest BCUT2D eigenvalue weighted by molar-refractivity contribution is -0.158. The highest BCUT2D eigenvalue weighted by Crippen LogP contribution is 2.45. The summed E-state index contributed by atoms with van der Waals surface area (Å²) in [6.45, 7) is 0. The number of aromatic nitrogens is 1. The maximum Gasteiger partial charge on any atom is 0.310 e. The number of carboxylic acids is 1. The largest absolute Gasteiger partial charge is 0.481 e. The predicted octanol–water partition coefficient (Wildman–Crippen LogP) is 2.67. The third-order valence-electron chi connectivity index (χ3n) is 4.94. The van der Waals surface area contributed by atoms with Gasteiger partial charge in [0.05, 0.1) is 11.0 Å². The summed E-state index contributed by atoms with van der Waals surface area (Å²) in [7, 11) is 0. The number of hydrogen-bond donors (Lipinski definition) is 2. The Kier molecular flexibility index (Phi) is 3.73. The topological polar surface area (TPSA) is 79.3 Å². The van der Waals surface area contributed by atoms with Gasteiger partial charge in [0.25, 0.3) is 0 Å². The molecular formula is C15H20N2O3S. The lowest BCUT2D eigenvalue weighted by Crippen LogP contribution is -2.48. The van der Waals surface area contributed by atoms with Gasteiger partial charge in [-0.3, -0.25) is 9.59 Å². The van der Waals surface area contributed by atoms with Crippen LogP contribution in [0, 0.1) is 5.41 Å². The van der Waals surface area contributed by atoms with E-state index < -0.39 is 11.4 Å². The molecule has 2 aliphatic rings. The monoisotopic (exact) mass is 308 g/mol. The summed E-state index contributed by atoms with van der Waals surface area (Å²) in [5, 5.41) is 15.3. The van der Waals surface area contributed by atoms with Gasteiger partial charge in [-0.05, 0) is 25.7 Å². The van der Waals surface area contributed by atoms with Gasteiger partial charge in [0.15, 0.2) is 0 Å². The minimum Gasteiger partial charge on any atom is -0.481 e. The molecule has 2 aliphatic carbocycles. The Balaban J connectivity index is 1.72. The van der Waals surface area contributed by atoms with Crippen molar-refractivity contribution < 1.29 is 14.7 Å². The molecule has 2 fully saturated rings. The quantitative estimate of drug-likeness (QED) is 0.876. The summed E-state index contributed by atoms with van der Waals surface area (Å²) in [6, 6.07) is 0. The van der Waals surface area contributed by atoms with Gasteiger partial charge in [0, 0.05) is 18.0 Å². The van der Waals surface area contributed by atoms with E-state index >= 15 is 0 Å². The van der Waals surface area contributed by atoms with Gasteiger partial charge in [-0.1, -0.05) is 19.3 Å². The first kappa shape index (κ1) is 14.5. The van der Waals surface area contributed by atoms with Crippen LogP contribution in [0.3, 0.4) is 0 Å². The molecule has 1 aromatic rings. The van der Waals surface area contributed by atoms with E-state index in [0.29, 0.717) is 12.8 Å². The number of aliphatic carboxylic acids is 1. The van der Waals surface area contributed by atoms with E-state index in [2.05, 4.69) is 10.3 Å². The number of carbonyl (C=O) groups is 2. The van der Waals surface area contributed by atoms with Gasteiger partial charge in [0.2, 0.25) is 5.91 Å². The lowest BCUT2D eigenvalue weighted by Gasteiger charge is -2.38. The molecule has 1 heterocycles. The van der Waals surface area contributed by atoms with Crippen LogP contribution in [-0.4, -0.2) is 22.0 Å². The number of nitrogens with zero attached hydrogens (tertiary/aromatic N) is 1. The number of amides is 1. The molecule has 5 nitrogen and oxygen atoms in total. The van der Waals surface area contributed by atoms with Crippen LogP contribution in [0.4, 0.5) is 0 Å². The fourth-order valence-electron chi connectivity index (χ4n) is 3.52. The van der Waals surface area contributed by atoms with Crippen molar-refractivity contribution in [1.82, 2.24) is 10.3 Å². The lowest BCUT2D eigenvalue weighted by atomic mass is 9.66. The molecule has 3 rings (SSSR count). The van der Waals surface area contributed by atoms with E-state index in [1.807, 2.05) is 5.38 Å². The number of rotatable bonds is 5. The molecule has 0 aromatic carbocycles. The third kappa shape index (κ3) is 2.57. The number of hydrogen-bond acceptors (Lipinski definition) is 4. The Labute approximate surface area is 127 Å². The number of nitrogens with one attached hydrogen (secondary N) is 1. The van der Waals surface area contributed by atoms with E-state index in [1.165, 1.54) is 0 Å². The van der Waals surface area contributed by atoms with Gasteiger partial charge in [-0.15, -0.1) is 11.3 Å². The summed E-state index contributed by atoms with van der Waals surface area (Å²) in [6.07, 6.45) is 7.91. The molecule has 2 N–H and O–H groups in total. The highest BCUT2D eigenvalue weighted by atomic mass is 32.1. The zero-order valence-corrected chi connectivity index (χ0v) is 12.7. The van der Waals surface area contributed by atoms with Crippen LogP contribution >= 0.6 is 11.3 Å². The average Bonchev–Trinajstić information content (AvgIpc) is 3.04. The van der Waals surface area contributed by atoms with Crippen molar-refractivity contribution in [3.63, 3.8) is 0 Å². The molecular weight excluding hydrogens is 288 g/mol. The fourth-order valence-corrected chi connectivity index (χ4v) is 4.37. The Bertz CT molecular complexity index is 531. The molecule has 21 heavy (non-hydrogen) atoms. The number of thiazole rings is 1. The van der Waals surface area contributed by atoms with Crippen LogP contribution in [0.1, 0.15) is 56.4 Å². The maximum absolute atomic E-state index is 12.4. The molecule has 0 atom stereocenters. The second-order valence-electron chi connectivity index (χ2n) is 6.29. The molecule has 114 valence electrons. The van der Waals surface area contributed by atoms with Gasteiger partial charge >= 0.3 is 5.97 Å². The van der Waals surface area contributed by atoms with E-state index in [9.17, 15) is 14.7 Å². The van der Waals surface area contributed by atoms with E-state index in [-0.39, 0.29) is 17.9 Å². The van der Waals surface area contributed by atoms with Crippen molar-refractivity contribution in [3.05, 3.63) is 16.6 Å². The van der Waals surface area contributed by atoms with Crippen molar-refractivity contribution in [2.75, 3.05) is 0 Å². The fraction of sp³-hybridized carbons (Fsp3) is 0.667. The van der Waals surface area contributed by atoms with Crippen LogP contribution in [0.25, 0.3) is 0 Å². The number of carboxylic acid groups (broad SMARTS) is 1. The molecule has 1 amide bonds. The molecule has 0 spiro atoms. The van der Waals surface area contributed by atoms with Crippen molar-refractivity contribution >= 4 is 23.2 Å². The molecule has 0 radical (unpaired) electrons. The predicted molar refractivity (Wildman–Crippen MR) is 78.9 cm³/mol. The van der Waals surface area contributed by atoms with Crippen LogP contribution in [0.2, 0.25) is 0 Å². The van der Waals surface area contributed by atoms with Crippen LogP contribution in [-0.2, 0) is 15.1 Å². The minimum atomic E-state index is -0.835. The molecule has 6 heteroatoms. The Morgan fingerprint density at radius 3 is 2.43 bits per heavy atom. The standard InChI is InChI=1S/C15H20N2O3S/c18-11(10-14(13(19)20)4-3-5-14)17-15(6-1-2-7-15)12-16-8-9-21-12/h8-9H,1-7,10H2,(H,17,18)(H,19,20). The average molecular weight is 308 g/mol. The van der Waals surface area contributed by atoms with Crippen LogP contribution in [0.5, 0.6) is 0 Å². The van der Waals surface area contributed by atoms with Gasteiger partial charge in [-0.2, -0.15) is 0 Å².